The van der Waals surface area contributed by atoms with Gasteiger partial charge in [0, 0.05) is 0 Å². The zero-order chi connectivity index (χ0) is 13.5. The maximum atomic E-state index is 11.1. The lowest BCUT2D eigenvalue weighted by Gasteiger charge is -2.12. The van der Waals surface area contributed by atoms with Gasteiger partial charge >= 0.3 is 5.97 Å². The van der Waals surface area contributed by atoms with Crippen LogP contribution in [-0.4, -0.2) is 17.7 Å². The average molecular weight is 250 g/mol. The Kier molecular flexibility index (Phi) is 5.69. The summed E-state index contributed by atoms with van der Waals surface area (Å²) < 4.78 is 5.62. The molecular weight excluding hydrogens is 228 g/mol. The number of carbonyl (C=O) groups is 1. The highest BCUT2D eigenvalue weighted by molar-refractivity contribution is 5.90. The Morgan fingerprint density at radius 3 is 2.67 bits per heavy atom. The zero-order valence-corrected chi connectivity index (χ0v) is 11.4. The molecule has 3 heteroatoms. The third-order valence-electron chi connectivity index (χ3n) is 2.77. The van der Waals surface area contributed by atoms with Gasteiger partial charge in [0.25, 0.3) is 0 Å². The van der Waals surface area contributed by atoms with Crippen LogP contribution in [0.2, 0.25) is 0 Å². The first-order valence-corrected chi connectivity index (χ1v) is 6.53. The third kappa shape index (κ3) is 4.40. The second kappa shape index (κ2) is 7.04. The van der Waals surface area contributed by atoms with Gasteiger partial charge in [-0.15, -0.1) is 0 Å². The first kappa shape index (κ1) is 14.6. The van der Waals surface area contributed by atoms with E-state index in [1.54, 1.807) is 6.07 Å². The van der Waals surface area contributed by atoms with Crippen LogP contribution in [0.1, 0.15) is 49.5 Å². The van der Waals surface area contributed by atoms with Crippen LogP contribution in [0.25, 0.3) is 0 Å². The maximum Gasteiger partial charge on any atom is 0.339 e. The molecule has 0 aliphatic carbocycles. The van der Waals surface area contributed by atoms with Gasteiger partial charge in [0.1, 0.15) is 11.3 Å². The van der Waals surface area contributed by atoms with Gasteiger partial charge in [-0.25, -0.2) is 4.79 Å². The molecule has 0 aromatic heterocycles. The molecule has 0 saturated heterocycles. The Balaban J connectivity index is 2.82. The molecule has 0 atom stereocenters. The Morgan fingerprint density at radius 2 is 2.11 bits per heavy atom. The summed E-state index contributed by atoms with van der Waals surface area (Å²) in [5.74, 6) is 0.115. The molecule has 1 aromatic carbocycles. The van der Waals surface area contributed by atoms with Gasteiger partial charge in [-0.1, -0.05) is 33.3 Å². The lowest BCUT2D eigenvalue weighted by Crippen LogP contribution is -2.07. The van der Waals surface area contributed by atoms with E-state index in [4.69, 9.17) is 9.84 Å². The molecule has 0 aliphatic rings. The summed E-state index contributed by atoms with van der Waals surface area (Å²) in [6, 6.07) is 5.35. The molecule has 3 nitrogen and oxygen atoms in total. The van der Waals surface area contributed by atoms with Crippen molar-refractivity contribution in [1.82, 2.24) is 0 Å². The van der Waals surface area contributed by atoms with Crippen molar-refractivity contribution >= 4 is 5.97 Å². The smallest absolute Gasteiger partial charge is 0.339 e. The van der Waals surface area contributed by atoms with Crippen LogP contribution >= 0.6 is 0 Å². The number of aromatic carboxylic acids is 1. The predicted molar refractivity (Wildman–Crippen MR) is 72.3 cm³/mol. The van der Waals surface area contributed by atoms with Crippen molar-refractivity contribution in [2.75, 3.05) is 6.61 Å². The van der Waals surface area contributed by atoms with E-state index in [1.807, 2.05) is 12.1 Å². The minimum Gasteiger partial charge on any atom is -0.493 e. The Labute approximate surface area is 109 Å². The van der Waals surface area contributed by atoms with Crippen molar-refractivity contribution in [3.63, 3.8) is 0 Å². The quantitative estimate of drug-likeness (QED) is 0.801. The summed E-state index contributed by atoms with van der Waals surface area (Å²) in [6.45, 7) is 6.90. The summed E-state index contributed by atoms with van der Waals surface area (Å²) in [7, 11) is 0. The number of rotatable bonds is 7. The van der Waals surface area contributed by atoms with Gasteiger partial charge < -0.3 is 9.84 Å². The van der Waals surface area contributed by atoms with Crippen LogP contribution in [0, 0.1) is 5.92 Å². The molecular formula is C15H22O3. The molecule has 0 heterocycles. The highest BCUT2D eigenvalue weighted by atomic mass is 16.5. The van der Waals surface area contributed by atoms with Gasteiger partial charge in [0.05, 0.1) is 6.61 Å². The summed E-state index contributed by atoms with van der Waals surface area (Å²) in [5.41, 5.74) is 1.38. The van der Waals surface area contributed by atoms with E-state index in [1.165, 1.54) is 0 Å². The highest BCUT2D eigenvalue weighted by Gasteiger charge is 2.12. The first-order chi connectivity index (χ1) is 8.54. The van der Waals surface area contributed by atoms with Crippen LogP contribution in [0.3, 0.4) is 0 Å². The van der Waals surface area contributed by atoms with E-state index in [9.17, 15) is 4.79 Å². The number of aryl methyl sites for hydroxylation is 1. The zero-order valence-electron chi connectivity index (χ0n) is 11.4. The SMILES string of the molecule is CCCc1ccc(C(=O)O)c(OCCC(C)C)c1. The second-order valence-electron chi connectivity index (χ2n) is 4.92. The summed E-state index contributed by atoms with van der Waals surface area (Å²) >= 11 is 0. The van der Waals surface area contributed by atoms with Crippen molar-refractivity contribution in [1.29, 1.82) is 0 Å². The van der Waals surface area contributed by atoms with Crippen molar-refractivity contribution in [3.05, 3.63) is 29.3 Å². The molecule has 100 valence electrons. The maximum absolute atomic E-state index is 11.1. The third-order valence-corrected chi connectivity index (χ3v) is 2.77. The van der Waals surface area contributed by atoms with Gasteiger partial charge in [0.15, 0.2) is 0 Å². The standard InChI is InChI=1S/C15H22O3/c1-4-5-12-6-7-13(15(16)17)14(10-12)18-9-8-11(2)3/h6-7,10-11H,4-5,8-9H2,1-3H3,(H,16,17). The molecule has 0 unspecified atom stereocenters. The molecule has 0 amide bonds. The van der Waals surface area contributed by atoms with Gasteiger partial charge in [0.2, 0.25) is 0 Å². The molecule has 0 saturated carbocycles. The number of carboxylic acid groups (broad SMARTS) is 1. The van der Waals surface area contributed by atoms with Gasteiger partial charge in [-0.3, -0.25) is 0 Å². The van der Waals surface area contributed by atoms with E-state index in [2.05, 4.69) is 20.8 Å². The highest BCUT2D eigenvalue weighted by Crippen LogP contribution is 2.22. The Morgan fingerprint density at radius 1 is 1.39 bits per heavy atom. The molecule has 1 N–H and O–H groups in total. The molecule has 1 aromatic rings. The predicted octanol–water partition coefficient (Wildman–Crippen LogP) is 3.76. The lowest BCUT2D eigenvalue weighted by molar-refractivity contribution is 0.0692. The van der Waals surface area contributed by atoms with Gasteiger partial charge in [-0.05, 0) is 36.5 Å². The summed E-state index contributed by atoms with van der Waals surface area (Å²) in [4.78, 5) is 11.1. The van der Waals surface area contributed by atoms with E-state index in [0.29, 0.717) is 18.3 Å². The molecule has 0 fully saturated rings. The van der Waals surface area contributed by atoms with Crippen molar-refractivity contribution in [2.24, 2.45) is 5.92 Å². The van der Waals surface area contributed by atoms with E-state index in [-0.39, 0.29) is 5.56 Å². The van der Waals surface area contributed by atoms with Crippen LogP contribution in [0.15, 0.2) is 18.2 Å². The Hall–Kier alpha value is -1.51. The topological polar surface area (TPSA) is 46.5 Å². The molecule has 18 heavy (non-hydrogen) atoms. The fourth-order valence-corrected chi connectivity index (χ4v) is 1.71. The number of benzene rings is 1. The van der Waals surface area contributed by atoms with Gasteiger partial charge in [-0.2, -0.15) is 0 Å². The molecule has 0 spiro atoms. The van der Waals surface area contributed by atoms with Crippen LogP contribution in [0.4, 0.5) is 0 Å². The van der Waals surface area contributed by atoms with E-state index in [0.717, 1.165) is 24.8 Å². The fourth-order valence-electron chi connectivity index (χ4n) is 1.71. The van der Waals surface area contributed by atoms with Crippen LogP contribution in [0.5, 0.6) is 5.75 Å². The number of hydrogen-bond acceptors (Lipinski definition) is 2. The van der Waals surface area contributed by atoms with Crippen LogP contribution in [-0.2, 0) is 6.42 Å². The molecule has 0 radical (unpaired) electrons. The number of ether oxygens (including phenoxy) is 1. The summed E-state index contributed by atoms with van der Waals surface area (Å²) in [5, 5.41) is 9.11. The minimum atomic E-state index is -0.933. The number of hydrogen-bond donors (Lipinski definition) is 1. The van der Waals surface area contributed by atoms with E-state index >= 15 is 0 Å². The fraction of sp³-hybridized carbons (Fsp3) is 0.533. The molecule has 0 bridgehead atoms. The Bertz CT molecular complexity index is 397. The normalized spacial score (nSPS) is 10.7. The van der Waals surface area contributed by atoms with Crippen LogP contribution < -0.4 is 4.74 Å². The lowest BCUT2D eigenvalue weighted by atomic mass is 10.1. The van der Waals surface area contributed by atoms with Crippen molar-refractivity contribution in [2.45, 2.75) is 40.0 Å². The monoisotopic (exact) mass is 250 g/mol. The molecule has 1 rings (SSSR count). The second-order valence-corrected chi connectivity index (χ2v) is 4.92. The largest absolute Gasteiger partial charge is 0.493 e. The first-order valence-electron chi connectivity index (χ1n) is 6.53. The molecule has 0 aliphatic heterocycles. The van der Waals surface area contributed by atoms with Crippen molar-refractivity contribution in [3.8, 4) is 5.75 Å². The van der Waals surface area contributed by atoms with E-state index < -0.39 is 5.97 Å². The van der Waals surface area contributed by atoms with Crippen molar-refractivity contribution < 1.29 is 14.6 Å². The average Bonchev–Trinajstić information content (AvgIpc) is 2.29. The number of carboxylic acids is 1. The summed E-state index contributed by atoms with van der Waals surface area (Å²) in [6.07, 6.45) is 2.91. The minimum absolute atomic E-state index is 0.249.